The van der Waals surface area contributed by atoms with Crippen molar-refractivity contribution in [2.45, 2.75) is 27.2 Å². The Morgan fingerprint density at radius 1 is 1.50 bits per heavy atom. The Labute approximate surface area is 100 Å². The molecule has 0 aromatic carbocycles. The second-order valence-electron chi connectivity index (χ2n) is 4.79. The maximum absolute atomic E-state index is 11.8. The molecular formula is C12H19NO2S. The molecule has 2 N–H and O–H groups in total. The van der Waals surface area contributed by atoms with E-state index in [-0.39, 0.29) is 17.9 Å². The molecule has 1 aromatic heterocycles. The van der Waals surface area contributed by atoms with Crippen LogP contribution in [0.4, 0.5) is 0 Å². The topological polar surface area (TPSA) is 49.3 Å². The maximum Gasteiger partial charge on any atom is 0.252 e. The number of carbonyl (C=O) groups is 1. The smallest absolute Gasteiger partial charge is 0.252 e. The molecule has 0 aliphatic carbocycles. The van der Waals surface area contributed by atoms with Gasteiger partial charge in [-0.25, -0.2) is 0 Å². The number of thiophene rings is 1. The molecule has 0 radical (unpaired) electrons. The fourth-order valence-electron chi connectivity index (χ4n) is 1.40. The zero-order valence-electron chi connectivity index (χ0n) is 10.0. The van der Waals surface area contributed by atoms with E-state index in [1.165, 1.54) is 11.3 Å². The highest BCUT2D eigenvalue weighted by Crippen LogP contribution is 2.19. The molecule has 4 heteroatoms. The minimum absolute atomic E-state index is 0.0234. The van der Waals surface area contributed by atoms with E-state index in [9.17, 15) is 4.79 Å². The van der Waals surface area contributed by atoms with Gasteiger partial charge in [-0.3, -0.25) is 4.79 Å². The summed E-state index contributed by atoms with van der Waals surface area (Å²) >= 11 is 1.54. The second kappa shape index (κ2) is 5.46. The molecule has 90 valence electrons. The fraction of sp³-hybridized carbons (Fsp3) is 0.583. The normalized spacial score (nSPS) is 11.5. The number of aliphatic hydroxyl groups is 1. The highest BCUT2D eigenvalue weighted by Gasteiger charge is 2.19. The van der Waals surface area contributed by atoms with Crippen LogP contribution in [0.3, 0.4) is 0 Å². The van der Waals surface area contributed by atoms with Crippen molar-refractivity contribution in [2.75, 3.05) is 13.2 Å². The van der Waals surface area contributed by atoms with Crippen LogP contribution in [-0.2, 0) is 0 Å². The number of rotatable bonds is 5. The molecule has 1 amide bonds. The van der Waals surface area contributed by atoms with E-state index < -0.39 is 0 Å². The standard InChI is InChI=1S/C12H19NO2S/c1-9-6-16-7-10(9)11(15)13-8-12(2,3)4-5-14/h6-7,14H,4-5,8H2,1-3H3,(H,13,15). The Morgan fingerprint density at radius 2 is 2.19 bits per heavy atom. The minimum Gasteiger partial charge on any atom is -0.396 e. The van der Waals surface area contributed by atoms with Crippen LogP contribution in [0.15, 0.2) is 10.8 Å². The van der Waals surface area contributed by atoms with Crippen LogP contribution in [0.1, 0.15) is 36.2 Å². The van der Waals surface area contributed by atoms with Crippen molar-refractivity contribution < 1.29 is 9.90 Å². The van der Waals surface area contributed by atoms with Gasteiger partial charge in [-0.2, -0.15) is 11.3 Å². The molecule has 0 spiro atoms. The van der Waals surface area contributed by atoms with Crippen LogP contribution < -0.4 is 5.32 Å². The van der Waals surface area contributed by atoms with Crippen LogP contribution in [-0.4, -0.2) is 24.2 Å². The van der Waals surface area contributed by atoms with Crippen molar-refractivity contribution in [3.05, 3.63) is 21.9 Å². The number of nitrogens with one attached hydrogen (secondary N) is 1. The summed E-state index contributed by atoms with van der Waals surface area (Å²) in [6.07, 6.45) is 0.690. The van der Waals surface area contributed by atoms with E-state index >= 15 is 0 Å². The van der Waals surface area contributed by atoms with Crippen molar-refractivity contribution in [1.82, 2.24) is 5.32 Å². The van der Waals surface area contributed by atoms with Gasteiger partial charge >= 0.3 is 0 Å². The molecular weight excluding hydrogens is 222 g/mol. The first-order valence-corrected chi connectivity index (χ1v) is 6.32. The largest absolute Gasteiger partial charge is 0.396 e. The minimum atomic E-state index is -0.0612. The van der Waals surface area contributed by atoms with Gasteiger partial charge in [0.2, 0.25) is 0 Å². The third kappa shape index (κ3) is 3.61. The molecule has 0 aliphatic rings. The number of aliphatic hydroxyl groups excluding tert-OH is 1. The molecule has 0 atom stereocenters. The van der Waals surface area contributed by atoms with E-state index in [4.69, 9.17) is 5.11 Å². The number of aryl methyl sites for hydroxylation is 1. The lowest BCUT2D eigenvalue weighted by molar-refractivity contribution is 0.0928. The Hall–Kier alpha value is -0.870. The Morgan fingerprint density at radius 3 is 2.69 bits per heavy atom. The Kier molecular flexibility index (Phi) is 4.50. The average Bonchev–Trinajstić information content (AvgIpc) is 2.61. The lowest BCUT2D eigenvalue weighted by Gasteiger charge is -2.23. The highest BCUT2D eigenvalue weighted by molar-refractivity contribution is 7.08. The lowest BCUT2D eigenvalue weighted by atomic mass is 9.89. The predicted octanol–water partition coefficient (Wildman–Crippen LogP) is 2.19. The van der Waals surface area contributed by atoms with Gasteiger partial charge in [-0.15, -0.1) is 0 Å². The van der Waals surface area contributed by atoms with E-state index in [0.29, 0.717) is 13.0 Å². The third-order valence-corrected chi connectivity index (χ3v) is 3.48. The zero-order valence-corrected chi connectivity index (χ0v) is 10.9. The monoisotopic (exact) mass is 241 g/mol. The van der Waals surface area contributed by atoms with E-state index in [1.807, 2.05) is 31.5 Å². The number of amides is 1. The molecule has 1 heterocycles. The first kappa shape index (κ1) is 13.2. The van der Waals surface area contributed by atoms with Gasteiger partial charge in [0.25, 0.3) is 5.91 Å². The summed E-state index contributed by atoms with van der Waals surface area (Å²) in [5.41, 5.74) is 1.71. The SMILES string of the molecule is Cc1cscc1C(=O)NCC(C)(C)CCO. The second-order valence-corrected chi connectivity index (χ2v) is 5.53. The van der Waals surface area contributed by atoms with Crippen LogP contribution >= 0.6 is 11.3 Å². The van der Waals surface area contributed by atoms with Crippen molar-refractivity contribution in [3.63, 3.8) is 0 Å². The molecule has 0 fully saturated rings. The van der Waals surface area contributed by atoms with Crippen molar-refractivity contribution in [3.8, 4) is 0 Å². The Bertz CT molecular complexity index is 358. The summed E-state index contributed by atoms with van der Waals surface area (Å²) < 4.78 is 0. The van der Waals surface area contributed by atoms with Crippen LogP contribution in [0.5, 0.6) is 0 Å². The number of hydrogen-bond acceptors (Lipinski definition) is 3. The predicted molar refractivity (Wildman–Crippen MR) is 66.9 cm³/mol. The maximum atomic E-state index is 11.8. The molecule has 0 bridgehead atoms. The summed E-state index contributed by atoms with van der Waals surface area (Å²) in [5.74, 6) is -0.0234. The summed E-state index contributed by atoms with van der Waals surface area (Å²) in [4.78, 5) is 11.8. The van der Waals surface area contributed by atoms with E-state index in [1.54, 1.807) is 0 Å². The molecule has 3 nitrogen and oxygen atoms in total. The van der Waals surface area contributed by atoms with Gasteiger partial charge < -0.3 is 10.4 Å². The average molecular weight is 241 g/mol. The molecule has 0 aliphatic heterocycles. The summed E-state index contributed by atoms with van der Waals surface area (Å²) in [6.45, 7) is 6.74. The van der Waals surface area contributed by atoms with Crippen molar-refractivity contribution in [1.29, 1.82) is 0 Å². The van der Waals surface area contributed by atoms with E-state index in [0.717, 1.165) is 11.1 Å². The first-order valence-electron chi connectivity index (χ1n) is 5.38. The summed E-state index contributed by atoms with van der Waals surface area (Å²) in [5, 5.41) is 15.6. The molecule has 16 heavy (non-hydrogen) atoms. The summed E-state index contributed by atoms with van der Waals surface area (Å²) in [6, 6.07) is 0. The third-order valence-electron chi connectivity index (χ3n) is 2.62. The zero-order chi connectivity index (χ0) is 12.2. The van der Waals surface area contributed by atoms with Crippen LogP contribution in [0.2, 0.25) is 0 Å². The van der Waals surface area contributed by atoms with Crippen molar-refractivity contribution >= 4 is 17.2 Å². The Balaban J connectivity index is 2.51. The van der Waals surface area contributed by atoms with E-state index in [2.05, 4.69) is 5.32 Å². The number of hydrogen-bond donors (Lipinski definition) is 2. The molecule has 1 aromatic rings. The van der Waals surface area contributed by atoms with Gasteiger partial charge in [0, 0.05) is 18.5 Å². The molecule has 0 unspecified atom stereocenters. The summed E-state index contributed by atoms with van der Waals surface area (Å²) in [7, 11) is 0. The molecule has 0 saturated carbocycles. The highest BCUT2D eigenvalue weighted by atomic mass is 32.1. The molecule has 1 rings (SSSR count). The van der Waals surface area contributed by atoms with Crippen LogP contribution in [0, 0.1) is 12.3 Å². The first-order chi connectivity index (χ1) is 7.46. The number of carbonyl (C=O) groups excluding carboxylic acids is 1. The quantitative estimate of drug-likeness (QED) is 0.830. The van der Waals surface area contributed by atoms with Gasteiger partial charge in [0.1, 0.15) is 0 Å². The van der Waals surface area contributed by atoms with Gasteiger partial charge in [0.15, 0.2) is 0 Å². The van der Waals surface area contributed by atoms with Gasteiger partial charge in [0.05, 0.1) is 5.56 Å². The van der Waals surface area contributed by atoms with Gasteiger partial charge in [-0.05, 0) is 29.7 Å². The lowest BCUT2D eigenvalue weighted by Crippen LogP contribution is -2.34. The van der Waals surface area contributed by atoms with Gasteiger partial charge in [-0.1, -0.05) is 13.8 Å². The van der Waals surface area contributed by atoms with Crippen LogP contribution in [0.25, 0.3) is 0 Å². The van der Waals surface area contributed by atoms with Crippen molar-refractivity contribution in [2.24, 2.45) is 5.41 Å². The molecule has 0 saturated heterocycles. The fourth-order valence-corrected chi connectivity index (χ4v) is 2.23.